The predicted molar refractivity (Wildman–Crippen MR) is 115 cm³/mol. The van der Waals surface area contributed by atoms with Gasteiger partial charge in [0.25, 0.3) is 0 Å². The summed E-state index contributed by atoms with van der Waals surface area (Å²) in [7, 11) is 5.58. The Morgan fingerprint density at radius 2 is 2.10 bits per heavy atom. The zero-order valence-electron chi connectivity index (χ0n) is 16.7. The highest BCUT2D eigenvalue weighted by atomic mass is 35.5. The van der Waals surface area contributed by atoms with Crippen LogP contribution in [-0.2, 0) is 11.8 Å². The molecule has 0 atom stereocenters. The minimum absolute atomic E-state index is 0.145. The number of carbonyl (C=O) groups is 1. The summed E-state index contributed by atoms with van der Waals surface area (Å²) in [4.78, 5) is 22.5. The van der Waals surface area contributed by atoms with Crippen LogP contribution in [0.3, 0.4) is 0 Å². The minimum atomic E-state index is -0.524. The smallest absolute Gasteiger partial charge is 0.248 e. The quantitative estimate of drug-likeness (QED) is 0.559. The second-order valence-electron chi connectivity index (χ2n) is 6.77. The second-order valence-corrected chi connectivity index (χ2v) is 7.17. The van der Waals surface area contributed by atoms with Crippen molar-refractivity contribution in [1.82, 2.24) is 24.6 Å². The molecule has 0 fully saturated rings. The monoisotopic (exact) mass is 429 g/mol. The number of anilines is 3. The van der Waals surface area contributed by atoms with Crippen molar-refractivity contribution >= 4 is 34.8 Å². The summed E-state index contributed by atoms with van der Waals surface area (Å²) in [6.07, 6.45) is 7.90. The minimum Gasteiger partial charge on any atom is -0.322 e. The number of carbonyl (C=O) groups excluding carboxylic acids is 1. The molecule has 8 nitrogen and oxygen atoms in total. The molecule has 0 spiro atoms. The normalized spacial score (nSPS) is 11.3. The van der Waals surface area contributed by atoms with Crippen LogP contribution >= 0.6 is 11.6 Å². The number of amides is 1. The lowest BCUT2D eigenvalue weighted by atomic mass is 10.1. The lowest BCUT2D eigenvalue weighted by Crippen LogP contribution is -2.13. The Morgan fingerprint density at radius 3 is 2.80 bits per heavy atom. The van der Waals surface area contributed by atoms with Crippen LogP contribution in [0.25, 0.3) is 11.3 Å². The molecular formula is C20H21ClFN7O. The maximum Gasteiger partial charge on any atom is 0.248 e. The molecule has 2 heterocycles. The van der Waals surface area contributed by atoms with Crippen LogP contribution in [0, 0.1) is 5.82 Å². The van der Waals surface area contributed by atoms with Crippen LogP contribution in [0.4, 0.5) is 21.7 Å². The molecule has 0 aliphatic heterocycles. The lowest BCUT2D eigenvalue weighted by Gasteiger charge is -2.10. The predicted octanol–water partition coefficient (Wildman–Crippen LogP) is 3.47. The molecule has 30 heavy (non-hydrogen) atoms. The lowest BCUT2D eigenvalue weighted by molar-refractivity contribution is -0.111. The fraction of sp³-hybridized carbons (Fsp3) is 0.200. The molecular weight excluding hydrogens is 409 g/mol. The number of rotatable bonds is 7. The third kappa shape index (κ3) is 5.62. The SMILES string of the molecule is CN(C)C/C=C/C(=O)Nc1ccc(F)c(-c2nc(Nc3cnn(C)c3)ncc2Cl)c1. The van der Waals surface area contributed by atoms with Gasteiger partial charge < -0.3 is 15.5 Å². The molecule has 0 aliphatic carbocycles. The highest BCUT2D eigenvalue weighted by Gasteiger charge is 2.14. The van der Waals surface area contributed by atoms with E-state index in [1.165, 1.54) is 30.5 Å². The van der Waals surface area contributed by atoms with E-state index in [4.69, 9.17) is 11.6 Å². The van der Waals surface area contributed by atoms with Crippen LogP contribution in [0.15, 0.2) is 48.9 Å². The number of halogens is 2. The summed E-state index contributed by atoms with van der Waals surface area (Å²) in [5, 5.41) is 9.94. The van der Waals surface area contributed by atoms with E-state index in [-0.39, 0.29) is 28.1 Å². The molecule has 10 heteroatoms. The average molecular weight is 430 g/mol. The molecule has 1 aromatic carbocycles. The van der Waals surface area contributed by atoms with E-state index < -0.39 is 5.82 Å². The van der Waals surface area contributed by atoms with Gasteiger partial charge >= 0.3 is 0 Å². The Kier molecular flexibility index (Phi) is 6.76. The number of hydrogen-bond donors (Lipinski definition) is 2. The molecule has 0 aliphatic rings. The van der Waals surface area contributed by atoms with Gasteiger partial charge in [-0.05, 0) is 32.3 Å². The van der Waals surface area contributed by atoms with Crippen molar-refractivity contribution in [3.63, 3.8) is 0 Å². The average Bonchev–Trinajstić information content (AvgIpc) is 3.09. The molecule has 2 N–H and O–H groups in total. The van der Waals surface area contributed by atoms with E-state index in [1.54, 1.807) is 30.2 Å². The number of nitrogens with zero attached hydrogens (tertiary/aromatic N) is 5. The maximum atomic E-state index is 14.5. The van der Waals surface area contributed by atoms with E-state index in [1.807, 2.05) is 19.0 Å². The summed E-state index contributed by atoms with van der Waals surface area (Å²) in [6.45, 7) is 0.630. The number of benzene rings is 1. The van der Waals surface area contributed by atoms with Crippen molar-refractivity contribution in [3.8, 4) is 11.3 Å². The Balaban J connectivity index is 1.84. The van der Waals surface area contributed by atoms with Crippen LogP contribution in [0.1, 0.15) is 0 Å². The number of likely N-dealkylation sites (N-methyl/N-ethyl adjacent to an activating group) is 1. The Hall–Kier alpha value is -3.30. The van der Waals surface area contributed by atoms with Gasteiger partial charge in [0, 0.05) is 37.1 Å². The largest absolute Gasteiger partial charge is 0.322 e. The van der Waals surface area contributed by atoms with Gasteiger partial charge in [0.2, 0.25) is 11.9 Å². The molecule has 0 saturated carbocycles. The highest BCUT2D eigenvalue weighted by Crippen LogP contribution is 2.31. The van der Waals surface area contributed by atoms with E-state index in [0.29, 0.717) is 17.9 Å². The van der Waals surface area contributed by atoms with Crippen molar-refractivity contribution in [3.05, 3.63) is 59.8 Å². The van der Waals surface area contributed by atoms with Crippen molar-refractivity contribution in [2.45, 2.75) is 0 Å². The summed E-state index contributed by atoms with van der Waals surface area (Å²) in [6, 6.07) is 4.20. The van der Waals surface area contributed by atoms with Crippen molar-refractivity contribution in [2.75, 3.05) is 31.3 Å². The molecule has 0 radical (unpaired) electrons. The molecule has 0 saturated heterocycles. The number of aryl methyl sites for hydroxylation is 1. The molecule has 1 amide bonds. The zero-order chi connectivity index (χ0) is 21.7. The summed E-state index contributed by atoms with van der Waals surface area (Å²) in [5.74, 6) is -0.603. The molecule has 0 unspecified atom stereocenters. The maximum absolute atomic E-state index is 14.5. The first-order chi connectivity index (χ1) is 14.3. The number of aromatic nitrogens is 4. The van der Waals surface area contributed by atoms with Crippen LogP contribution in [0.5, 0.6) is 0 Å². The molecule has 0 bridgehead atoms. The third-order valence-electron chi connectivity index (χ3n) is 3.93. The van der Waals surface area contributed by atoms with Gasteiger partial charge in [0.05, 0.1) is 28.8 Å². The number of nitrogens with one attached hydrogen (secondary N) is 2. The third-order valence-corrected chi connectivity index (χ3v) is 4.21. The van der Waals surface area contributed by atoms with E-state index >= 15 is 0 Å². The Morgan fingerprint density at radius 1 is 1.30 bits per heavy atom. The van der Waals surface area contributed by atoms with Gasteiger partial charge in [-0.25, -0.2) is 14.4 Å². The number of hydrogen-bond acceptors (Lipinski definition) is 6. The fourth-order valence-corrected chi connectivity index (χ4v) is 2.76. The van der Waals surface area contributed by atoms with E-state index in [0.717, 1.165) is 0 Å². The Bertz CT molecular complexity index is 1080. The Labute approximate surface area is 178 Å². The molecule has 156 valence electrons. The van der Waals surface area contributed by atoms with Crippen molar-refractivity contribution in [1.29, 1.82) is 0 Å². The second kappa shape index (κ2) is 9.47. The zero-order valence-corrected chi connectivity index (χ0v) is 17.5. The topological polar surface area (TPSA) is 88.0 Å². The fourth-order valence-electron chi connectivity index (χ4n) is 2.57. The summed E-state index contributed by atoms with van der Waals surface area (Å²) in [5.41, 5.74) is 1.45. The summed E-state index contributed by atoms with van der Waals surface area (Å²) < 4.78 is 16.2. The molecule has 3 rings (SSSR count). The van der Waals surface area contributed by atoms with Crippen LogP contribution in [-0.4, -0.2) is 51.2 Å². The van der Waals surface area contributed by atoms with Gasteiger partial charge in [-0.15, -0.1) is 0 Å². The first-order valence-electron chi connectivity index (χ1n) is 9.02. The van der Waals surface area contributed by atoms with E-state index in [9.17, 15) is 9.18 Å². The van der Waals surface area contributed by atoms with Gasteiger partial charge in [-0.1, -0.05) is 17.7 Å². The van der Waals surface area contributed by atoms with Crippen molar-refractivity contribution in [2.24, 2.45) is 7.05 Å². The van der Waals surface area contributed by atoms with Gasteiger partial charge in [0.15, 0.2) is 0 Å². The highest BCUT2D eigenvalue weighted by molar-refractivity contribution is 6.33. The first-order valence-corrected chi connectivity index (χ1v) is 9.40. The summed E-state index contributed by atoms with van der Waals surface area (Å²) >= 11 is 6.23. The molecule has 2 aromatic heterocycles. The van der Waals surface area contributed by atoms with E-state index in [2.05, 4.69) is 25.7 Å². The molecule has 3 aromatic rings. The van der Waals surface area contributed by atoms with Gasteiger partial charge in [-0.2, -0.15) is 5.10 Å². The van der Waals surface area contributed by atoms with Crippen LogP contribution < -0.4 is 10.6 Å². The first kappa shape index (κ1) is 21.4. The van der Waals surface area contributed by atoms with Crippen LogP contribution in [0.2, 0.25) is 5.02 Å². The van der Waals surface area contributed by atoms with Gasteiger partial charge in [-0.3, -0.25) is 9.48 Å². The standard InChI is InChI=1S/C20H21ClFN7O/c1-28(2)8-4-5-18(30)25-13-6-7-17(22)15(9-13)19-16(21)11-23-20(27-19)26-14-10-24-29(3)12-14/h4-7,9-12H,8H2,1-3H3,(H,25,30)(H,23,26,27)/b5-4+. The van der Waals surface area contributed by atoms with Crippen molar-refractivity contribution < 1.29 is 9.18 Å². The van der Waals surface area contributed by atoms with Gasteiger partial charge in [0.1, 0.15) is 5.82 Å².